The highest BCUT2D eigenvalue weighted by molar-refractivity contribution is 5.76. The first-order chi connectivity index (χ1) is 6.77. The van der Waals surface area contributed by atoms with Crippen molar-refractivity contribution in [2.24, 2.45) is 5.92 Å². The van der Waals surface area contributed by atoms with Gasteiger partial charge in [-0.2, -0.15) is 0 Å². The fourth-order valence-corrected chi connectivity index (χ4v) is 1.30. The standard InChI is InChI=1S/C10H11NO3/c12-8-6-11-5-4-9(8)14-10(13)7-2-1-3-7/h4-7,12H,1-3H2. The van der Waals surface area contributed by atoms with Crippen LogP contribution in [0.3, 0.4) is 0 Å². The van der Waals surface area contributed by atoms with Crippen molar-refractivity contribution in [2.45, 2.75) is 19.3 Å². The average molecular weight is 193 g/mol. The van der Waals surface area contributed by atoms with Crippen molar-refractivity contribution in [1.82, 2.24) is 4.98 Å². The molecule has 0 aromatic carbocycles. The maximum atomic E-state index is 11.4. The van der Waals surface area contributed by atoms with Gasteiger partial charge in [-0.05, 0) is 12.8 Å². The maximum absolute atomic E-state index is 11.4. The molecule has 0 spiro atoms. The topological polar surface area (TPSA) is 59.4 Å². The Hall–Kier alpha value is -1.58. The zero-order valence-corrected chi connectivity index (χ0v) is 7.64. The lowest BCUT2D eigenvalue weighted by Crippen LogP contribution is -2.26. The number of hydrogen-bond donors (Lipinski definition) is 1. The summed E-state index contributed by atoms with van der Waals surface area (Å²) >= 11 is 0. The van der Waals surface area contributed by atoms with Crippen LogP contribution < -0.4 is 4.74 Å². The Kier molecular flexibility index (Phi) is 2.35. The van der Waals surface area contributed by atoms with Crippen LogP contribution in [0.2, 0.25) is 0 Å². The number of carbonyl (C=O) groups is 1. The Morgan fingerprint density at radius 2 is 2.36 bits per heavy atom. The van der Waals surface area contributed by atoms with E-state index in [0.717, 1.165) is 19.3 Å². The summed E-state index contributed by atoms with van der Waals surface area (Å²) in [5, 5.41) is 9.29. The lowest BCUT2D eigenvalue weighted by molar-refractivity contribution is -0.141. The van der Waals surface area contributed by atoms with Crippen molar-refractivity contribution in [3.63, 3.8) is 0 Å². The zero-order chi connectivity index (χ0) is 9.97. The van der Waals surface area contributed by atoms with Crippen molar-refractivity contribution < 1.29 is 14.6 Å². The molecule has 4 heteroatoms. The fraction of sp³-hybridized carbons (Fsp3) is 0.400. The molecule has 1 aliphatic carbocycles. The van der Waals surface area contributed by atoms with E-state index in [9.17, 15) is 9.90 Å². The third-order valence-electron chi connectivity index (χ3n) is 2.41. The van der Waals surface area contributed by atoms with Crippen LogP contribution in [-0.4, -0.2) is 16.1 Å². The van der Waals surface area contributed by atoms with Crippen LogP contribution in [0.15, 0.2) is 18.5 Å². The van der Waals surface area contributed by atoms with Gasteiger partial charge < -0.3 is 9.84 Å². The molecule has 0 radical (unpaired) electrons. The summed E-state index contributed by atoms with van der Waals surface area (Å²) in [5.74, 6) is -0.141. The summed E-state index contributed by atoms with van der Waals surface area (Å²) in [6.07, 6.45) is 5.60. The van der Waals surface area contributed by atoms with Crippen LogP contribution in [0.4, 0.5) is 0 Å². The van der Waals surface area contributed by atoms with Crippen LogP contribution in [0.5, 0.6) is 11.5 Å². The van der Waals surface area contributed by atoms with E-state index in [4.69, 9.17) is 4.74 Å². The van der Waals surface area contributed by atoms with E-state index in [1.54, 1.807) is 0 Å². The molecule has 1 aliphatic rings. The Labute approximate surface area is 81.5 Å². The van der Waals surface area contributed by atoms with E-state index in [0.29, 0.717) is 0 Å². The molecule has 1 N–H and O–H groups in total. The van der Waals surface area contributed by atoms with Gasteiger partial charge in [0.25, 0.3) is 0 Å². The highest BCUT2D eigenvalue weighted by Crippen LogP contribution is 2.30. The minimum absolute atomic E-state index is 0.0163. The smallest absolute Gasteiger partial charge is 0.314 e. The molecule has 0 unspecified atom stereocenters. The molecule has 1 fully saturated rings. The van der Waals surface area contributed by atoms with Gasteiger partial charge in [0.05, 0.1) is 12.1 Å². The number of pyridine rings is 1. The van der Waals surface area contributed by atoms with Crippen molar-refractivity contribution in [2.75, 3.05) is 0 Å². The lowest BCUT2D eigenvalue weighted by Gasteiger charge is -2.22. The molecule has 0 atom stereocenters. The number of ether oxygens (including phenoxy) is 1. The first-order valence-corrected chi connectivity index (χ1v) is 4.62. The van der Waals surface area contributed by atoms with E-state index in [1.165, 1.54) is 18.5 Å². The fourth-order valence-electron chi connectivity index (χ4n) is 1.30. The van der Waals surface area contributed by atoms with Gasteiger partial charge in [0.15, 0.2) is 11.5 Å². The highest BCUT2D eigenvalue weighted by Gasteiger charge is 2.27. The number of carbonyl (C=O) groups excluding carboxylic acids is 1. The normalized spacial score (nSPS) is 16.0. The molecule has 0 bridgehead atoms. The second-order valence-corrected chi connectivity index (χ2v) is 3.39. The number of aromatic hydroxyl groups is 1. The predicted octanol–water partition coefficient (Wildman–Crippen LogP) is 1.49. The zero-order valence-electron chi connectivity index (χ0n) is 7.64. The number of aromatic nitrogens is 1. The molecule has 74 valence electrons. The first-order valence-electron chi connectivity index (χ1n) is 4.62. The van der Waals surface area contributed by atoms with Crippen LogP contribution in [0, 0.1) is 5.92 Å². The van der Waals surface area contributed by atoms with E-state index < -0.39 is 0 Å². The minimum atomic E-state index is -0.252. The summed E-state index contributed by atoms with van der Waals surface area (Å²) < 4.78 is 5.02. The van der Waals surface area contributed by atoms with Crippen molar-refractivity contribution in [3.05, 3.63) is 18.5 Å². The highest BCUT2D eigenvalue weighted by atomic mass is 16.5. The van der Waals surface area contributed by atoms with Crippen molar-refractivity contribution in [3.8, 4) is 11.5 Å². The number of rotatable bonds is 2. The van der Waals surface area contributed by atoms with E-state index in [2.05, 4.69) is 4.98 Å². The monoisotopic (exact) mass is 193 g/mol. The minimum Gasteiger partial charge on any atom is -0.503 e. The Bertz CT molecular complexity index is 347. The summed E-state index contributed by atoms with van der Waals surface area (Å²) in [6, 6.07) is 1.48. The van der Waals surface area contributed by atoms with Crippen LogP contribution in [0.1, 0.15) is 19.3 Å². The SMILES string of the molecule is O=C(Oc1ccncc1O)C1CCC1. The molecular formula is C10H11NO3. The Morgan fingerprint density at radius 1 is 1.57 bits per heavy atom. The lowest BCUT2D eigenvalue weighted by atomic mass is 9.86. The van der Waals surface area contributed by atoms with Gasteiger partial charge in [-0.15, -0.1) is 0 Å². The van der Waals surface area contributed by atoms with Gasteiger partial charge in [0, 0.05) is 12.3 Å². The van der Waals surface area contributed by atoms with Gasteiger partial charge in [0.2, 0.25) is 0 Å². The largest absolute Gasteiger partial charge is 0.503 e. The van der Waals surface area contributed by atoms with E-state index >= 15 is 0 Å². The third-order valence-corrected chi connectivity index (χ3v) is 2.41. The molecule has 1 heterocycles. The molecular weight excluding hydrogens is 182 g/mol. The van der Waals surface area contributed by atoms with Gasteiger partial charge in [-0.1, -0.05) is 6.42 Å². The molecule has 1 aromatic rings. The average Bonchev–Trinajstić information content (AvgIpc) is 2.05. The number of hydrogen-bond acceptors (Lipinski definition) is 4. The second-order valence-electron chi connectivity index (χ2n) is 3.39. The third kappa shape index (κ3) is 1.69. The Morgan fingerprint density at radius 3 is 2.93 bits per heavy atom. The van der Waals surface area contributed by atoms with Crippen LogP contribution in [-0.2, 0) is 4.79 Å². The molecule has 2 rings (SSSR count). The van der Waals surface area contributed by atoms with Crippen LogP contribution in [0.25, 0.3) is 0 Å². The molecule has 1 aromatic heterocycles. The van der Waals surface area contributed by atoms with E-state index in [-0.39, 0.29) is 23.4 Å². The quantitative estimate of drug-likeness (QED) is 0.723. The van der Waals surface area contributed by atoms with Gasteiger partial charge >= 0.3 is 5.97 Å². The summed E-state index contributed by atoms with van der Waals surface area (Å²) in [7, 11) is 0. The molecule has 14 heavy (non-hydrogen) atoms. The second kappa shape index (κ2) is 3.65. The maximum Gasteiger partial charge on any atom is 0.314 e. The summed E-state index contributed by atoms with van der Waals surface area (Å²) in [4.78, 5) is 15.1. The summed E-state index contributed by atoms with van der Waals surface area (Å²) in [6.45, 7) is 0. The van der Waals surface area contributed by atoms with Crippen LogP contribution >= 0.6 is 0 Å². The van der Waals surface area contributed by atoms with Gasteiger partial charge in [-0.3, -0.25) is 9.78 Å². The van der Waals surface area contributed by atoms with Gasteiger partial charge in [-0.25, -0.2) is 0 Å². The van der Waals surface area contributed by atoms with Crippen molar-refractivity contribution >= 4 is 5.97 Å². The molecule has 0 aliphatic heterocycles. The molecule has 0 saturated heterocycles. The first kappa shape index (κ1) is 8.99. The predicted molar refractivity (Wildman–Crippen MR) is 48.9 cm³/mol. The molecule has 1 saturated carbocycles. The number of esters is 1. The number of nitrogens with zero attached hydrogens (tertiary/aromatic N) is 1. The Balaban J connectivity index is 2.03. The van der Waals surface area contributed by atoms with Gasteiger partial charge in [0.1, 0.15) is 0 Å². The van der Waals surface area contributed by atoms with Crippen molar-refractivity contribution in [1.29, 1.82) is 0 Å². The van der Waals surface area contributed by atoms with E-state index in [1.807, 2.05) is 0 Å². The molecule has 0 amide bonds. The molecule has 4 nitrogen and oxygen atoms in total. The summed E-state index contributed by atoms with van der Waals surface area (Å²) in [5.41, 5.74) is 0.